The van der Waals surface area contributed by atoms with E-state index >= 15 is 0 Å². The van der Waals surface area contributed by atoms with Crippen LogP contribution in [0.4, 0.5) is 0 Å². The zero-order chi connectivity index (χ0) is 15.1. The molecule has 1 aliphatic rings. The second-order valence-corrected chi connectivity index (χ2v) is 8.60. The zero-order valence-corrected chi connectivity index (χ0v) is 13.8. The molecule has 1 aromatic heterocycles. The van der Waals surface area contributed by atoms with Gasteiger partial charge in [0.15, 0.2) is 0 Å². The van der Waals surface area contributed by atoms with Crippen molar-refractivity contribution < 1.29 is 13.2 Å². The molecule has 112 valence electrons. The van der Waals surface area contributed by atoms with E-state index in [-0.39, 0.29) is 5.91 Å². The van der Waals surface area contributed by atoms with Crippen LogP contribution in [0.15, 0.2) is 11.0 Å². The Morgan fingerprint density at radius 3 is 2.55 bits per heavy atom. The van der Waals surface area contributed by atoms with Crippen molar-refractivity contribution in [2.75, 3.05) is 20.6 Å². The van der Waals surface area contributed by atoms with Crippen molar-refractivity contribution in [3.63, 3.8) is 0 Å². The van der Waals surface area contributed by atoms with Crippen LogP contribution in [0.2, 0.25) is 0 Å². The van der Waals surface area contributed by atoms with Crippen LogP contribution in [0.3, 0.4) is 0 Å². The third kappa shape index (κ3) is 2.62. The van der Waals surface area contributed by atoms with Crippen LogP contribution in [0, 0.1) is 13.8 Å². The van der Waals surface area contributed by atoms with E-state index in [2.05, 4.69) is 0 Å². The SMILES string of the molecule is Cc1cc(S(=O)(=O)N2CCCC2C(=O)N(C)C)c(C)s1. The summed E-state index contributed by atoms with van der Waals surface area (Å²) in [6.45, 7) is 4.12. The van der Waals surface area contributed by atoms with Crippen molar-refractivity contribution in [1.82, 2.24) is 9.21 Å². The Hall–Kier alpha value is -0.920. The largest absolute Gasteiger partial charge is 0.347 e. The molecule has 1 atom stereocenters. The van der Waals surface area contributed by atoms with Gasteiger partial charge in [-0.15, -0.1) is 11.3 Å². The Balaban J connectivity index is 2.38. The number of hydrogen-bond donors (Lipinski definition) is 0. The van der Waals surface area contributed by atoms with Crippen LogP contribution in [0.25, 0.3) is 0 Å². The summed E-state index contributed by atoms with van der Waals surface area (Å²) >= 11 is 1.47. The Kier molecular flexibility index (Phi) is 4.22. The molecule has 1 saturated heterocycles. The number of nitrogens with zero attached hydrogens (tertiary/aromatic N) is 2. The highest BCUT2D eigenvalue weighted by Gasteiger charge is 2.40. The number of likely N-dealkylation sites (N-methyl/N-ethyl adjacent to an activating group) is 1. The van der Waals surface area contributed by atoms with Crippen molar-refractivity contribution in [2.45, 2.75) is 37.6 Å². The number of rotatable bonds is 3. The van der Waals surface area contributed by atoms with Gasteiger partial charge in [0.1, 0.15) is 6.04 Å². The van der Waals surface area contributed by atoms with Crippen molar-refractivity contribution in [3.8, 4) is 0 Å². The van der Waals surface area contributed by atoms with E-state index in [0.29, 0.717) is 17.9 Å². The molecule has 1 unspecified atom stereocenters. The molecule has 0 saturated carbocycles. The minimum absolute atomic E-state index is 0.143. The van der Waals surface area contributed by atoms with E-state index in [1.807, 2.05) is 13.8 Å². The fourth-order valence-electron chi connectivity index (χ4n) is 2.56. The predicted octanol–water partition coefficient (Wildman–Crippen LogP) is 1.61. The molecule has 5 nitrogen and oxygen atoms in total. The van der Waals surface area contributed by atoms with Gasteiger partial charge in [0.25, 0.3) is 0 Å². The summed E-state index contributed by atoms with van der Waals surface area (Å²) in [5, 5.41) is 0. The Morgan fingerprint density at radius 1 is 1.40 bits per heavy atom. The lowest BCUT2D eigenvalue weighted by molar-refractivity contribution is -0.132. The summed E-state index contributed by atoms with van der Waals surface area (Å²) < 4.78 is 26.9. The number of amides is 1. The number of sulfonamides is 1. The maximum Gasteiger partial charge on any atom is 0.244 e. The average molecular weight is 316 g/mol. The summed E-state index contributed by atoms with van der Waals surface area (Å²) in [5.41, 5.74) is 0. The lowest BCUT2D eigenvalue weighted by Crippen LogP contribution is -2.45. The van der Waals surface area contributed by atoms with E-state index < -0.39 is 16.1 Å². The van der Waals surface area contributed by atoms with Crippen molar-refractivity contribution in [1.29, 1.82) is 0 Å². The first-order valence-electron chi connectivity index (χ1n) is 6.55. The van der Waals surface area contributed by atoms with Crippen LogP contribution in [0.1, 0.15) is 22.6 Å². The molecule has 0 radical (unpaired) electrons. The van der Waals surface area contributed by atoms with Crippen molar-refractivity contribution in [2.24, 2.45) is 0 Å². The lowest BCUT2D eigenvalue weighted by atomic mass is 10.2. The van der Waals surface area contributed by atoms with Gasteiger partial charge < -0.3 is 4.90 Å². The standard InChI is InChI=1S/C13H20N2O3S2/c1-9-8-12(10(2)19-9)20(17,18)15-7-5-6-11(15)13(16)14(3)4/h8,11H,5-7H2,1-4H3. The normalized spacial score (nSPS) is 20.3. The van der Waals surface area contributed by atoms with Gasteiger partial charge in [-0.3, -0.25) is 4.79 Å². The van der Waals surface area contributed by atoms with E-state index in [1.54, 1.807) is 20.2 Å². The molecule has 0 spiro atoms. The molecule has 1 fully saturated rings. The molecule has 0 aromatic carbocycles. The highest BCUT2D eigenvalue weighted by molar-refractivity contribution is 7.89. The number of hydrogen-bond acceptors (Lipinski definition) is 4. The van der Waals surface area contributed by atoms with Gasteiger partial charge in [-0.05, 0) is 32.8 Å². The molecular weight excluding hydrogens is 296 g/mol. The Bertz CT molecular complexity index is 620. The minimum Gasteiger partial charge on any atom is -0.347 e. The van der Waals surface area contributed by atoms with Crippen LogP contribution >= 0.6 is 11.3 Å². The fraction of sp³-hybridized carbons (Fsp3) is 0.615. The predicted molar refractivity (Wildman–Crippen MR) is 79.4 cm³/mol. The summed E-state index contributed by atoms with van der Waals surface area (Å²) in [4.78, 5) is 15.7. The molecule has 7 heteroatoms. The van der Waals surface area contributed by atoms with Crippen LogP contribution < -0.4 is 0 Å². The minimum atomic E-state index is -3.58. The van der Waals surface area contributed by atoms with E-state index in [4.69, 9.17) is 0 Å². The van der Waals surface area contributed by atoms with Crippen molar-refractivity contribution in [3.05, 3.63) is 15.8 Å². The molecule has 0 bridgehead atoms. The van der Waals surface area contributed by atoms with Crippen LogP contribution in [-0.2, 0) is 14.8 Å². The molecule has 0 aliphatic carbocycles. The molecule has 1 aliphatic heterocycles. The quantitative estimate of drug-likeness (QED) is 0.851. The van der Waals surface area contributed by atoms with E-state index in [9.17, 15) is 13.2 Å². The fourth-order valence-corrected chi connectivity index (χ4v) is 5.74. The maximum atomic E-state index is 12.8. The van der Waals surface area contributed by atoms with Gasteiger partial charge in [-0.25, -0.2) is 8.42 Å². The van der Waals surface area contributed by atoms with Gasteiger partial charge in [-0.1, -0.05) is 0 Å². The number of carbonyl (C=O) groups is 1. The topological polar surface area (TPSA) is 57.7 Å². The molecule has 0 N–H and O–H groups in total. The summed E-state index contributed by atoms with van der Waals surface area (Å²) in [6.07, 6.45) is 1.32. The number of thiophene rings is 1. The van der Waals surface area contributed by atoms with E-state index in [0.717, 1.165) is 16.2 Å². The second kappa shape index (κ2) is 5.46. The number of carbonyl (C=O) groups excluding carboxylic acids is 1. The summed E-state index contributed by atoms with van der Waals surface area (Å²) in [6, 6.07) is 1.14. The first-order valence-corrected chi connectivity index (χ1v) is 8.81. The smallest absolute Gasteiger partial charge is 0.244 e. The first-order chi connectivity index (χ1) is 9.25. The number of aryl methyl sites for hydroxylation is 2. The first kappa shape index (κ1) is 15.5. The molecular formula is C13H20N2O3S2. The average Bonchev–Trinajstić information content (AvgIpc) is 2.95. The van der Waals surface area contributed by atoms with Gasteiger partial charge in [0.05, 0.1) is 4.90 Å². The third-order valence-corrected chi connectivity index (χ3v) is 6.64. The highest BCUT2D eigenvalue weighted by atomic mass is 32.2. The van der Waals surface area contributed by atoms with Crippen LogP contribution in [0.5, 0.6) is 0 Å². The van der Waals surface area contributed by atoms with Gasteiger partial charge in [-0.2, -0.15) is 4.31 Å². The highest BCUT2D eigenvalue weighted by Crippen LogP contribution is 2.32. The third-order valence-electron chi connectivity index (χ3n) is 3.51. The Morgan fingerprint density at radius 2 is 2.05 bits per heavy atom. The van der Waals surface area contributed by atoms with E-state index in [1.165, 1.54) is 20.5 Å². The molecule has 1 aromatic rings. The molecule has 2 rings (SSSR count). The second-order valence-electron chi connectivity index (χ2n) is 5.28. The zero-order valence-electron chi connectivity index (χ0n) is 12.2. The molecule has 20 heavy (non-hydrogen) atoms. The summed E-state index contributed by atoms with van der Waals surface area (Å²) in [5.74, 6) is -0.143. The molecule has 1 amide bonds. The van der Waals surface area contributed by atoms with Crippen molar-refractivity contribution >= 4 is 27.3 Å². The maximum absolute atomic E-state index is 12.8. The molecule has 2 heterocycles. The van der Waals surface area contributed by atoms with Gasteiger partial charge in [0.2, 0.25) is 15.9 Å². The monoisotopic (exact) mass is 316 g/mol. The summed E-state index contributed by atoms with van der Waals surface area (Å²) in [7, 11) is -0.264. The van der Waals surface area contributed by atoms with Gasteiger partial charge >= 0.3 is 0 Å². The van der Waals surface area contributed by atoms with Gasteiger partial charge in [0, 0.05) is 30.4 Å². The van der Waals surface area contributed by atoms with Crippen LogP contribution in [-0.4, -0.2) is 50.2 Å². The Labute approximate surface area is 124 Å². The lowest BCUT2D eigenvalue weighted by Gasteiger charge is -2.25.